The van der Waals surface area contributed by atoms with Crippen LogP contribution in [0.4, 0.5) is 0 Å². The van der Waals surface area contributed by atoms with Crippen molar-refractivity contribution in [3.05, 3.63) is 53.4 Å². The Hall–Kier alpha value is -2.96. The van der Waals surface area contributed by atoms with E-state index in [4.69, 9.17) is 4.52 Å². The minimum atomic E-state index is -0.0439. The number of carbonyl (C=O) groups excluding carboxylic acids is 1. The van der Waals surface area contributed by atoms with Crippen LogP contribution in [0.5, 0.6) is 0 Å². The second kappa shape index (κ2) is 7.29. The van der Waals surface area contributed by atoms with Crippen LogP contribution in [0.2, 0.25) is 0 Å². The third kappa shape index (κ3) is 3.76. The molecule has 3 heterocycles. The topological polar surface area (TPSA) is 85.8 Å². The molecule has 25 heavy (non-hydrogen) atoms. The van der Waals surface area contributed by atoms with Crippen molar-refractivity contribution in [2.75, 3.05) is 6.54 Å². The van der Waals surface area contributed by atoms with Gasteiger partial charge in [-0.05, 0) is 32.9 Å². The van der Waals surface area contributed by atoms with Gasteiger partial charge in [0.25, 0.3) is 0 Å². The maximum absolute atomic E-state index is 12.2. The molecule has 3 rings (SSSR count). The van der Waals surface area contributed by atoms with Gasteiger partial charge in [-0.3, -0.25) is 9.78 Å². The number of aryl methyl sites for hydroxylation is 3. The van der Waals surface area contributed by atoms with Gasteiger partial charge in [-0.15, -0.1) is 0 Å². The fourth-order valence-corrected chi connectivity index (χ4v) is 2.76. The van der Waals surface area contributed by atoms with Gasteiger partial charge < -0.3 is 14.4 Å². The van der Waals surface area contributed by atoms with E-state index < -0.39 is 0 Å². The summed E-state index contributed by atoms with van der Waals surface area (Å²) in [6.45, 7) is 6.84. The fourth-order valence-electron chi connectivity index (χ4n) is 2.76. The van der Waals surface area contributed by atoms with Crippen LogP contribution in [0.25, 0.3) is 11.4 Å². The van der Waals surface area contributed by atoms with Crippen LogP contribution < -0.4 is 5.32 Å². The van der Waals surface area contributed by atoms with E-state index >= 15 is 0 Å². The molecule has 0 aromatic carbocycles. The summed E-state index contributed by atoms with van der Waals surface area (Å²) in [5.74, 6) is 1.52. The minimum absolute atomic E-state index is 0.0439. The third-order valence-electron chi connectivity index (χ3n) is 4.17. The zero-order valence-electron chi connectivity index (χ0n) is 14.6. The molecule has 0 spiro atoms. The standard InChI is InChI=1S/C18H21N5O2/c1-12-11-21-18(15-4-6-19-7-5-15)23(12)9-8-20-17(24)10-16-13(2)22-25-14(16)3/h4-7,11H,8-10H2,1-3H3,(H,20,24). The predicted octanol–water partition coefficient (Wildman–Crippen LogP) is 2.22. The molecule has 0 saturated heterocycles. The molecule has 0 atom stereocenters. The van der Waals surface area contributed by atoms with E-state index in [1.807, 2.05) is 39.1 Å². The number of pyridine rings is 1. The monoisotopic (exact) mass is 339 g/mol. The predicted molar refractivity (Wildman–Crippen MR) is 92.9 cm³/mol. The maximum Gasteiger partial charge on any atom is 0.224 e. The lowest BCUT2D eigenvalue weighted by Gasteiger charge is -2.11. The van der Waals surface area contributed by atoms with Gasteiger partial charge in [-0.25, -0.2) is 4.98 Å². The molecule has 0 radical (unpaired) electrons. The summed E-state index contributed by atoms with van der Waals surface area (Å²) in [6.07, 6.45) is 5.60. The summed E-state index contributed by atoms with van der Waals surface area (Å²) < 4.78 is 7.18. The van der Waals surface area contributed by atoms with Crippen LogP contribution in [-0.2, 0) is 17.8 Å². The molecule has 3 aromatic rings. The number of hydrogen-bond acceptors (Lipinski definition) is 5. The Labute approximate surface area is 146 Å². The van der Waals surface area contributed by atoms with Crippen LogP contribution in [-0.4, -0.2) is 32.1 Å². The van der Waals surface area contributed by atoms with E-state index in [0.717, 1.165) is 28.3 Å². The Morgan fingerprint density at radius 3 is 2.68 bits per heavy atom. The molecule has 0 aliphatic rings. The SMILES string of the molecule is Cc1noc(C)c1CC(=O)NCCn1c(C)cnc1-c1ccncc1. The molecule has 1 N–H and O–H groups in total. The van der Waals surface area contributed by atoms with Crippen LogP contribution in [0.1, 0.15) is 22.7 Å². The van der Waals surface area contributed by atoms with Gasteiger partial charge in [-0.2, -0.15) is 0 Å². The Morgan fingerprint density at radius 2 is 2.00 bits per heavy atom. The number of nitrogens with zero attached hydrogens (tertiary/aromatic N) is 4. The summed E-state index contributed by atoms with van der Waals surface area (Å²) in [4.78, 5) is 20.7. The highest BCUT2D eigenvalue weighted by atomic mass is 16.5. The zero-order valence-corrected chi connectivity index (χ0v) is 14.6. The largest absolute Gasteiger partial charge is 0.361 e. The molecule has 130 valence electrons. The molecular formula is C18H21N5O2. The molecular weight excluding hydrogens is 318 g/mol. The molecule has 1 amide bonds. The summed E-state index contributed by atoms with van der Waals surface area (Å²) in [5.41, 5.74) is 3.67. The Bertz CT molecular complexity index is 847. The van der Waals surface area contributed by atoms with Gasteiger partial charge in [-0.1, -0.05) is 5.16 Å². The smallest absolute Gasteiger partial charge is 0.224 e. The maximum atomic E-state index is 12.2. The lowest BCUT2D eigenvalue weighted by Crippen LogP contribution is -2.29. The first-order valence-electron chi connectivity index (χ1n) is 8.17. The van der Waals surface area contributed by atoms with Gasteiger partial charge in [0, 0.05) is 48.5 Å². The number of nitrogens with one attached hydrogen (secondary N) is 1. The summed E-state index contributed by atoms with van der Waals surface area (Å²) in [5, 5.41) is 6.82. The van der Waals surface area contributed by atoms with Crippen molar-refractivity contribution < 1.29 is 9.32 Å². The molecule has 7 nitrogen and oxygen atoms in total. The molecule has 0 fully saturated rings. The third-order valence-corrected chi connectivity index (χ3v) is 4.17. The van der Waals surface area contributed by atoms with Crippen LogP contribution in [0.15, 0.2) is 35.2 Å². The van der Waals surface area contributed by atoms with Gasteiger partial charge in [0.15, 0.2) is 0 Å². The van der Waals surface area contributed by atoms with Gasteiger partial charge in [0.05, 0.1) is 12.1 Å². The zero-order chi connectivity index (χ0) is 17.8. The van der Waals surface area contributed by atoms with E-state index in [0.29, 0.717) is 18.8 Å². The van der Waals surface area contributed by atoms with Gasteiger partial charge in [0.2, 0.25) is 5.91 Å². The highest BCUT2D eigenvalue weighted by molar-refractivity contribution is 5.78. The Kier molecular flexibility index (Phi) is 4.92. The fraction of sp³-hybridized carbons (Fsp3) is 0.333. The van der Waals surface area contributed by atoms with Crippen molar-refractivity contribution in [1.29, 1.82) is 0 Å². The van der Waals surface area contributed by atoms with E-state index in [1.54, 1.807) is 12.4 Å². The summed E-state index contributed by atoms with van der Waals surface area (Å²) in [6, 6.07) is 3.85. The first-order chi connectivity index (χ1) is 12.1. The van der Waals surface area contributed by atoms with E-state index in [-0.39, 0.29) is 12.3 Å². The molecule has 0 unspecified atom stereocenters. The lowest BCUT2D eigenvalue weighted by molar-refractivity contribution is -0.120. The second-order valence-corrected chi connectivity index (χ2v) is 5.94. The summed E-state index contributed by atoms with van der Waals surface area (Å²) >= 11 is 0. The van der Waals surface area contributed by atoms with Gasteiger partial charge in [0.1, 0.15) is 11.6 Å². The van der Waals surface area contributed by atoms with Crippen molar-refractivity contribution in [2.45, 2.75) is 33.7 Å². The number of aromatic nitrogens is 4. The molecule has 7 heteroatoms. The second-order valence-electron chi connectivity index (χ2n) is 5.94. The first kappa shape index (κ1) is 16.9. The van der Waals surface area contributed by atoms with Crippen molar-refractivity contribution >= 4 is 5.91 Å². The minimum Gasteiger partial charge on any atom is -0.361 e. The molecule has 3 aromatic heterocycles. The highest BCUT2D eigenvalue weighted by Gasteiger charge is 2.14. The number of rotatable bonds is 6. The molecule has 0 aliphatic carbocycles. The quantitative estimate of drug-likeness (QED) is 0.744. The molecule has 0 bridgehead atoms. The van der Waals surface area contributed by atoms with Crippen molar-refractivity contribution in [3.63, 3.8) is 0 Å². The van der Waals surface area contributed by atoms with Crippen LogP contribution >= 0.6 is 0 Å². The lowest BCUT2D eigenvalue weighted by atomic mass is 10.1. The Morgan fingerprint density at radius 1 is 1.24 bits per heavy atom. The first-order valence-corrected chi connectivity index (χ1v) is 8.17. The average Bonchev–Trinajstić information content (AvgIpc) is 3.13. The van der Waals surface area contributed by atoms with Crippen molar-refractivity contribution in [2.24, 2.45) is 0 Å². The van der Waals surface area contributed by atoms with E-state index in [2.05, 4.69) is 25.0 Å². The highest BCUT2D eigenvalue weighted by Crippen LogP contribution is 2.18. The number of hydrogen-bond donors (Lipinski definition) is 1. The number of imidazole rings is 1. The molecule has 0 saturated carbocycles. The van der Waals surface area contributed by atoms with E-state index in [1.165, 1.54) is 0 Å². The normalized spacial score (nSPS) is 10.8. The molecule has 0 aliphatic heterocycles. The van der Waals surface area contributed by atoms with Crippen molar-refractivity contribution in [3.8, 4) is 11.4 Å². The van der Waals surface area contributed by atoms with Crippen LogP contribution in [0, 0.1) is 20.8 Å². The van der Waals surface area contributed by atoms with Crippen molar-refractivity contribution in [1.82, 2.24) is 25.0 Å². The van der Waals surface area contributed by atoms with Gasteiger partial charge >= 0.3 is 0 Å². The van der Waals surface area contributed by atoms with E-state index in [9.17, 15) is 4.79 Å². The number of carbonyl (C=O) groups is 1. The van der Waals surface area contributed by atoms with Crippen LogP contribution in [0.3, 0.4) is 0 Å². The number of amides is 1. The summed E-state index contributed by atoms with van der Waals surface area (Å²) in [7, 11) is 0. The average molecular weight is 339 g/mol. The Balaban J connectivity index is 1.61.